The van der Waals surface area contributed by atoms with E-state index < -0.39 is 15.8 Å². The Bertz CT molecular complexity index is 792. The first-order valence-electron chi connectivity index (χ1n) is 5.67. The molecule has 2 aromatic carbocycles. The lowest BCUT2D eigenvalue weighted by Gasteiger charge is -2.10. The SMILES string of the molecule is NC(=S)c1ccc(S(=O)(=O)Nc2ccc(F)cc2)c(Cl)c1. The minimum Gasteiger partial charge on any atom is -0.389 e. The van der Waals surface area contributed by atoms with Gasteiger partial charge in [-0.05, 0) is 36.4 Å². The largest absolute Gasteiger partial charge is 0.389 e. The van der Waals surface area contributed by atoms with Crippen LogP contribution in [0.25, 0.3) is 0 Å². The lowest BCUT2D eigenvalue weighted by atomic mass is 10.2. The molecule has 0 aromatic heterocycles. The minimum atomic E-state index is -3.89. The molecule has 0 saturated heterocycles. The van der Waals surface area contributed by atoms with Gasteiger partial charge in [-0.1, -0.05) is 29.9 Å². The van der Waals surface area contributed by atoms with E-state index in [4.69, 9.17) is 29.6 Å². The average Bonchev–Trinajstić information content (AvgIpc) is 2.40. The molecule has 2 aromatic rings. The van der Waals surface area contributed by atoms with Gasteiger partial charge in [-0.3, -0.25) is 4.72 Å². The number of thiocarbonyl (C=S) groups is 1. The van der Waals surface area contributed by atoms with E-state index in [0.717, 1.165) is 12.1 Å². The van der Waals surface area contributed by atoms with Crippen molar-refractivity contribution in [2.24, 2.45) is 5.73 Å². The summed E-state index contributed by atoms with van der Waals surface area (Å²) in [6.45, 7) is 0. The van der Waals surface area contributed by atoms with E-state index >= 15 is 0 Å². The number of hydrogen-bond donors (Lipinski definition) is 2. The summed E-state index contributed by atoms with van der Waals surface area (Å²) < 4.78 is 39.6. The van der Waals surface area contributed by atoms with Crippen molar-refractivity contribution in [3.63, 3.8) is 0 Å². The number of halogens is 2. The zero-order valence-corrected chi connectivity index (χ0v) is 12.9. The van der Waals surface area contributed by atoms with Gasteiger partial charge in [0.05, 0.1) is 5.02 Å². The predicted molar refractivity (Wildman–Crippen MR) is 84.5 cm³/mol. The number of sulfonamides is 1. The maximum Gasteiger partial charge on any atom is 0.263 e. The average molecular weight is 345 g/mol. The molecular weight excluding hydrogens is 335 g/mol. The molecule has 0 aliphatic heterocycles. The first-order chi connectivity index (χ1) is 9.79. The second-order valence-corrected chi connectivity index (χ2v) is 6.62. The number of rotatable bonds is 4. The van der Waals surface area contributed by atoms with Gasteiger partial charge in [-0.15, -0.1) is 0 Å². The first kappa shape index (κ1) is 15.7. The van der Waals surface area contributed by atoms with E-state index in [9.17, 15) is 12.8 Å². The molecule has 0 unspecified atom stereocenters. The highest BCUT2D eigenvalue weighted by molar-refractivity contribution is 7.92. The summed E-state index contributed by atoms with van der Waals surface area (Å²) in [5, 5.41) is -0.00471. The van der Waals surface area contributed by atoms with E-state index in [1.807, 2.05) is 0 Å². The van der Waals surface area contributed by atoms with Gasteiger partial charge >= 0.3 is 0 Å². The Kier molecular flexibility index (Phi) is 4.46. The van der Waals surface area contributed by atoms with E-state index in [2.05, 4.69) is 4.72 Å². The smallest absolute Gasteiger partial charge is 0.263 e. The highest BCUT2D eigenvalue weighted by atomic mass is 35.5. The lowest BCUT2D eigenvalue weighted by Crippen LogP contribution is -2.15. The van der Waals surface area contributed by atoms with Gasteiger partial charge in [0.15, 0.2) is 0 Å². The van der Waals surface area contributed by atoms with E-state index in [1.54, 1.807) is 0 Å². The number of benzene rings is 2. The van der Waals surface area contributed by atoms with Crippen LogP contribution in [0.15, 0.2) is 47.4 Å². The fourth-order valence-corrected chi connectivity index (χ4v) is 3.33. The Balaban J connectivity index is 2.35. The molecule has 0 radical (unpaired) electrons. The summed E-state index contributed by atoms with van der Waals surface area (Å²) in [5.41, 5.74) is 6.15. The van der Waals surface area contributed by atoms with Crippen molar-refractivity contribution in [3.05, 3.63) is 58.9 Å². The predicted octanol–water partition coefficient (Wildman–Crippen LogP) is 2.91. The molecule has 3 N–H and O–H groups in total. The minimum absolute atomic E-state index is 0.00471. The van der Waals surface area contributed by atoms with Gasteiger partial charge in [0.2, 0.25) is 0 Å². The van der Waals surface area contributed by atoms with Crippen LogP contribution in [0, 0.1) is 5.82 Å². The standard InChI is InChI=1S/C13H10ClFN2O2S2/c14-11-7-8(13(16)20)1-6-12(11)21(18,19)17-10-4-2-9(15)3-5-10/h1-7,17H,(H2,16,20). The van der Waals surface area contributed by atoms with Crippen molar-refractivity contribution < 1.29 is 12.8 Å². The molecule has 0 bridgehead atoms. The normalized spacial score (nSPS) is 11.1. The van der Waals surface area contributed by atoms with Crippen LogP contribution < -0.4 is 10.5 Å². The van der Waals surface area contributed by atoms with Gasteiger partial charge in [0.1, 0.15) is 15.7 Å². The maximum atomic E-state index is 12.8. The Morgan fingerprint density at radius 1 is 1.19 bits per heavy atom. The van der Waals surface area contributed by atoms with Crippen LogP contribution in [0.1, 0.15) is 5.56 Å². The molecule has 0 spiro atoms. The zero-order chi connectivity index (χ0) is 15.6. The van der Waals surface area contributed by atoms with Gasteiger partial charge in [-0.25, -0.2) is 12.8 Å². The van der Waals surface area contributed by atoms with Crippen molar-refractivity contribution in [2.45, 2.75) is 4.90 Å². The summed E-state index contributed by atoms with van der Waals surface area (Å²) in [7, 11) is -3.89. The summed E-state index contributed by atoms with van der Waals surface area (Å²) in [6, 6.07) is 9.07. The Morgan fingerprint density at radius 2 is 1.81 bits per heavy atom. The number of nitrogens with one attached hydrogen (secondary N) is 1. The van der Waals surface area contributed by atoms with Gasteiger partial charge < -0.3 is 5.73 Å². The van der Waals surface area contributed by atoms with Crippen LogP contribution in [0.5, 0.6) is 0 Å². The fourth-order valence-electron chi connectivity index (χ4n) is 1.60. The third-order valence-corrected chi connectivity index (χ3v) is 4.70. The third kappa shape index (κ3) is 3.69. The molecule has 0 amide bonds. The topological polar surface area (TPSA) is 72.2 Å². The fraction of sp³-hybridized carbons (Fsp3) is 0. The summed E-state index contributed by atoms with van der Waals surface area (Å²) >= 11 is 10.7. The quantitative estimate of drug-likeness (QED) is 0.836. The second kappa shape index (κ2) is 5.97. The molecule has 0 saturated carbocycles. The second-order valence-electron chi connectivity index (χ2n) is 4.12. The molecular formula is C13H10ClFN2O2S2. The van der Waals surface area contributed by atoms with Gasteiger partial charge in [0.25, 0.3) is 10.0 Å². The van der Waals surface area contributed by atoms with Gasteiger partial charge in [0, 0.05) is 11.3 Å². The van der Waals surface area contributed by atoms with Crippen LogP contribution in [0.3, 0.4) is 0 Å². The molecule has 110 valence electrons. The molecule has 0 aliphatic carbocycles. The number of anilines is 1. The van der Waals surface area contributed by atoms with Crippen LogP contribution in [0.4, 0.5) is 10.1 Å². The zero-order valence-electron chi connectivity index (χ0n) is 10.5. The molecule has 0 atom stereocenters. The maximum absolute atomic E-state index is 12.8. The van der Waals surface area contributed by atoms with E-state index in [1.165, 1.54) is 30.3 Å². The van der Waals surface area contributed by atoms with Crippen molar-refractivity contribution in [2.75, 3.05) is 4.72 Å². The molecule has 4 nitrogen and oxygen atoms in total. The Labute approximate surface area is 131 Å². The summed E-state index contributed by atoms with van der Waals surface area (Å²) in [4.78, 5) is 0.000772. The molecule has 0 heterocycles. The van der Waals surface area contributed by atoms with Crippen molar-refractivity contribution in [3.8, 4) is 0 Å². The van der Waals surface area contributed by atoms with Crippen LogP contribution in [0.2, 0.25) is 5.02 Å². The number of hydrogen-bond acceptors (Lipinski definition) is 3. The van der Waals surface area contributed by atoms with E-state index in [-0.39, 0.29) is 20.6 Å². The highest BCUT2D eigenvalue weighted by Crippen LogP contribution is 2.25. The summed E-state index contributed by atoms with van der Waals surface area (Å²) in [6.07, 6.45) is 0. The molecule has 8 heteroatoms. The van der Waals surface area contributed by atoms with Crippen LogP contribution in [-0.4, -0.2) is 13.4 Å². The van der Waals surface area contributed by atoms with Gasteiger partial charge in [-0.2, -0.15) is 0 Å². The van der Waals surface area contributed by atoms with Crippen molar-refractivity contribution >= 4 is 44.5 Å². The van der Waals surface area contributed by atoms with Crippen LogP contribution in [-0.2, 0) is 10.0 Å². The first-order valence-corrected chi connectivity index (χ1v) is 7.94. The lowest BCUT2D eigenvalue weighted by molar-refractivity contribution is 0.601. The van der Waals surface area contributed by atoms with Crippen LogP contribution >= 0.6 is 23.8 Å². The molecule has 21 heavy (non-hydrogen) atoms. The Hall–Kier alpha value is -1.70. The van der Waals surface area contributed by atoms with Crippen molar-refractivity contribution in [1.82, 2.24) is 0 Å². The molecule has 0 fully saturated rings. The van der Waals surface area contributed by atoms with E-state index in [0.29, 0.717) is 5.56 Å². The molecule has 0 aliphatic rings. The number of nitrogens with two attached hydrogens (primary N) is 1. The highest BCUT2D eigenvalue weighted by Gasteiger charge is 2.18. The summed E-state index contributed by atoms with van der Waals surface area (Å²) in [5.74, 6) is -0.461. The third-order valence-electron chi connectivity index (χ3n) is 2.60. The van der Waals surface area contributed by atoms with Crippen molar-refractivity contribution in [1.29, 1.82) is 0 Å². The molecule has 2 rings (SSSR count). The Morgan fingerprint density at radius 3 is 2.33 bits per heavy atom. The monoisotopic (exact) mass is 344 g/mol.